The summed E-state index contributed by atoms with van der Waals surface area (Å²) in [5.74, 6) is 0.165. The largest absolute Gasteiger partial charge is 0.384 e. The Labute approximate surface area is 112 Å². The number of nitrogens with zero attached hydrogens (tertiary/aromatic N) is 1. The van der Waals surface area contributed by atoms with Crippen LogP contribution in [-0.2, 0) is 12.8 Å². The molecule has 0 radical (unpaired) electrons. The summed E-state index contributed by atoms with van der Waals surface area (Å²) in [6.45, 7) is 0. The number of rotatable bonds is 3. The van der Waals surface area contributed by atoms with Crippen molar-refractivity contribution in [3.05, 3.63) is 22.9 Å². The van der Waals surface area contributed by atoms with Crippen molar-refractivity contribution >= 4 is 17.6 Å². The van der Waals surface area contributed by atoms with E-state index in [2.05, 4.69) is 6.07 Å². The first kappa shape index (κ1) is 12.0. The summed E-state index contributed by atoms with van der Waals surface area (Å²) in [6, 6.07) is 2.11. The molecular weight excluding hydrogens is 242 g/mol. The molecule has 3 rings (SSSR count). The fourth-order valence-corrected chi connectivity index (χ4v) is 4.24. The zero-order valence-electron chi connectivity index (χ0n) is 10.5. The van der Waals surface area contributed by atoms with Gasteiger partial charge in [-0.1, -0.05) is 12.8 Å². The van der Waals surface area contributed by atoms with E-state index in [1.54, 1.807) is 0 Å². The highest BCUT2D eigenvalue weighted by Crippen LogP contribution is 2.36. The molecule has 2 aliphatic carbocycles. The molecule has 1 heterocycles. The molecule has 1 aromatic heterocycles. The third-order valence-electron chi connectivity index (χ3n) is 3.89. The minimum atomic E-state index is 0.165. The van der Waals surface area contributed by atoms with Crippen molar-refractivity contribution < 1.29 is 0 Å². The van der Waals surface area contributed by atoms with Crippen LogP contribution in [-0.4, -0.2) is 16.1 Å². The van der Waals surface area contributed by atoms with E-state index in [1.807, 2.05) is 11.8 Å². The normalized spacial score (nSPS) is 19.1. The maximum atomic E-state index is 7.74. The number of nitrogens with one attached hydrogen (secondary N) is 1. The molecule has 4 heteroatoms. The number of hydrogen-bond donors (Lipinski definition) is 2. The highest BCUT2D eigenvalue weighted by Gasteiger charge is 2.22. The summed E-state index contributed by atoms with van der Waals surface area (Å²) < 4.78 is 0. The standard InChI is InChI=1S/C14H19N3S/c15-13(16)11-8-9-4-3-7-12(9)17-14(11)18-10-5-1-2-6-10/h8,10H,1-7H2,(H3,15,16). The Kier molecular flexibility index (Phi) is 3.29. The summed E-state index contributed by atoms with van der Waals surface area (Å²) in [5, 5.41) is 9.41. The highest BCUT2D eigenvalue weighted by molar-refractivity contribution is 7.99. The fraction of sp³-hybridized carbons (Fsp3) is 0.571. The smallest absolute Gasteiger partial charge is 0.125 e. The van der Waals surface area contributed by atoms with Gasteiger partial charge >= 0.3 is 0 Å². The number of hydrogen-bond acceptors (Lipinski definition) is 3. The average molecular weight is 261 g/mol. The lowest BCUT2D eigenvalue weighted by atomic mass is 10.1. The van der Waals surface area contributed by atoms with Crippen LogP contribution in [0.25, 0.3) is 0 Å². The van der Waals surface area contributed by atoms with E-state index in [4.69, 9.17) is 16.1 Å². The molecule has 0 unspecified atom stereocenters. The molecule has 2 aliphatic rings. The molecule has 0 amide bonds. The number of thioether (sulfide) groups is 1. The second-order valence-corrected chi connectivity index (χ2v) is 6.53. The first-order chi connectivity index (χ1) is 8.74. The van der Waals surface area contributed by atoms with Crippen LogP contribution < -0.4 is 5.73 Å². The fourth-order valence-electron chi connectivity index (χ4n) is 2.90. The molecule has 0 saturated heterocycles. The van der Waals surface area contributed by atoms with Gasteiger partial charge in [-0.25, -0.2) is 4.98 Å². The van der Waals surface area contributed by atoms with Crippen molar-refractivity contribution in [1.29, 1.82) is 5.41 Å². The van der Waals surface area contributed by atoms with Gasteiger partial charge in [-0.15, -0.1) is 11.8 Å². The Morgan fingerprint density at radius 1 is 1.28 bits per heavy atom. The SMILES string of the molecule is N=C(N)c1cc2c(nc1SC1CCCC1)CCC2. The lowest BCUT2D eigenvalue weighted by Crippen LogP contribution is -2.15. The predicted octanol–water partition coefficient (Wildman–Crippen LogP) is 2.89. The van der Waals surface area contributed by atoms with Crippen molar-refractivity contribution in [3.8, 4) is 0 Å². The Balaban J connectivity index is 1.92. The highest BCUT2D eigenvalue weighted by atomic mass is 32.2. The van der Waals surface area contributed by atoms with E-state index in [0.717, 1.165) is 23.4 Å². The molecule has 0 aromatic carbocycles. The average Bonchev–Trinajstić information content (AvgIpc) is 2.97. The number of aryl methyl sites for hydroxylation is 2. The quantitative estimate of drug-likeness (QED) is 0.649. The number of nitrogen functional groups attached to an aromatic ring is 1. The minimum Gasteiger partial charge on any atom is -0.384 e. The Morgan fingerprint density at radius 2 is 2.06 bits per heavy atom. The third-order valence-corrected chi connectivity index (χ3v) is 5.23. The number of nitrogens with two attached hydrogens (primary N) is 1. The van der Waals surface area contributed by atoms with Crippen LogP contribution in [0, 0.1) is 5.41 Å². The van der Waals surface area contributed by atoms with Gasteiger partial charge in [-0.2, -0.15) is 0 Å². The lowest BCUT2D eigenvalue weighted by molar-refractivity contribution is 0.882. The van der Waals surface area contributed by atoms with Gasteiger partial charge in [0.05, 0.1) is 0 Å². The maximum Gasteiger partial charge on any atom is 0.125 e. The van der Waals surface area contributed by atoms with Gasteiger partial charge in [0.25, 0.3) is 0 Å². The van der Waals surface area contributed by atoms with Gasteiger partial charge in [0, 0.05) is 16.5 Å². The summed E-state index contributed by atoms with van der Waals surface area (Å²) in [7, 11) is 0. The van der Waals surface area contributed by atoms with Gasteiger partial charge in [0.1, 0.15) is 10.9 Å². The van der Waals surface area contributed by atoms with Crippen molar-refractivity contribution in [1.82, 2.24) is 4.98 Å². The van der Waals surface area contributed by atoms with Crippen LogP contribution in [0.4, 0.5) is 0 Å². The van der Waals surface area contributed by atoms with E-state index < -0.39 is 0 Å². The molecule has 0 aliphatic heterocycles. The van der Waals surface area contributed by atoms with Crippen molar-refractivity contribution in [3.63, 3.8) is 0 Å². The lowest BCUT2D eigenvalue weighted by Gasteiger charge is -2.13. The summed E-state index contributed by atoms with van der Waals surface area (Å²) in [4.78, 5) is 4.78. The molecule has 1 aromatic rings. The molecule has 18 heavy (non-hydrogen) atoms. The Hall–Kier alpha value is -1.03. The summed E-state index contributed by atoms with van der Waals surface area (Å²) >= 11 is 1.84. The molecule has 1 fully saturated rings. The minimum absolute atomic E-state index is 0.165. The zero-order valence-corrected chi connectivity index (χ0v) is 11.4. The Morgan fingerprint density at radius 3 is 2.78 bits per heavy atom. The van der Waals surface area contributed by atoms with Crippen LogP contribution in [0.15, 0.2) is 11.1 Å². The van der Waals surface area contributed by atoms with E-state index in [-0.39, 0.29) is 5.84 Å². The van der Waals surface area contributed by atoms with Crippen LogP contribution in [0.1, 0.15) is 48.9 Å². The monoisotopic (exact) mass is 261 g/mol. The number of fused-ring (bicyclic) bond motifs is 1. The van der Waals surface area contributed by atoms with Crippen molar-refractivity contribution in [2.45, 2.75) is 55.2 Å². The van der Waals surface area contributed by atoms with Crippen molar-refractivity contribution in [2.75, 3.05) is 0 Å². The maximum absolute atomic E-state index is 7.74. The molecule has 0 spiro atoms. The Bertz CT molecular complexity index is 478. The van der Waals surface area contributed by atoms with Gasteiger partial charge in [-0.3, -0.25) is 5.41 Å². The van der Waals surface area contributed by atoms with E-state index in [9.17, 15) is 0 Å². The van der Waals surface area contributed by atoms with Gasteiger partial charge in [0.2, 0.25) is 0 Å². The molecule has 0 bridgehead atoms. The second kappa shape index (κ2) is 4.92. The third kappa shape index (κ3) is 2.26. The molecule has 3 N–H and O–H groups in total. The van der Waals surface area contributed by atoms with Crippen LogP contribution in [0.3, 0.4) is 0 Å². The second-order valence-electron chi connectivity index (χ2n) is 5.24. The van der Waals surface area contributed by atoms with E-state index >= 15 is 0 Å². The zero-order chi connectivity index (χ0) is 12.5. The summed E-state index contributed by atoms with van der Waals surface area (Å²) in [6.07, 6.45) is 8.59. The predicted molar refractivity (Wildman–Crippen MR) is 75.4 cm³/mol. The van der Waals surface area contributed by atoms with E-state index in [1.165, 1.54) is 43.4 Å². The topological polar surface area (TPSA) is 62.8 Å². The number of aromatic nitrogens is 1. The molecule has 1 saturated carbocycles. The molecule has 96 valence electrons. The summed E-state index contributed by atoms with van der Waals surface area (Å²) in [5.41, 5.74) is 9.11. The van der Waals surface area contributed by atoms with E-state index in [0.29, 0.717) is 5.25 Å². The number of pyridine rings is 1. The van der Waals surface area contributed by atoms with Crippen LogP contribution in [0.2, 0.25) is 0 Å². The first-order valence-corrected chi connectivity index (χ1v) is 7.66. The van der Waals surface area contributed by atoms with Gasteiger partial charge in [0.15, 0.2) is 0 Å². The van der Waals surface area contributed by atoms with Gasteiger partial charge in [-0.05, 0) is 43.7 Å². The first-order valence-electron chi connectivity index (χ1n) is 6.78. The molecule has 3 nitrogen and oxygen atoms in total. The number of amidine groups is 1. The van der Waals surface area contributed by atoms with Crippen LogP contribution in [0.5, 0.6) is 0 Å². The molecular formula is C14H19N3S. The van der Waals surface area contributed by atoms with Crippen LogP contribution >= 0.6 is 11.8 Å². The van der Waals surface area contributed by atoms with Gasteiger partial charge < -0.3 is 5.73 Å². The molecule has 0 atom stereocenters. The van der Waals surface area contributed by atoms with Crippen molar-refractivity contribution in [2.24, 2.45) is 5.73 Å².